The average Bonchev–Trinajstić information content (AvgIpc) is 2.42. The normalized spacial score (nSPS) is 12.0. The van der Waals surface area contributed by atoms with Crippen molar-refractivity contribution in [3.8, 4) is 5.75 Å². The monoisotopic (exact) mass is 341 g/mol. The van der Waals surface area contributed by atoms with Crippen molar-refractivity contribution in [1.29, 1.82) is 0 Å². The van der Waals surface area contributed by atoms with Crippen LogP contribution in [-0.4, -0.2) is 38.0 Å². The smallest absolute Gasteiger partial charge is 0.223 e. The lowest BCUT2D eigenvalue weighted by molar-refractivity contribution is -0.121. The lowest BCUT2D eigenvalue weighted by Crippen LogP contribution is -2.36. The summed E-state index contributed by atoms with van der Waals surface area (Å²) in [6, 6.07) is 5.79. The van der Waals surface area contributed by atoms with Gasteiger partial charge >= 0.3 is 0 Å². The van der Waals surface area contributed by atoms with E-state index in [4.69, 9.17) is 4.74 Å². The second-order valence-corrected chi connectivity index (χ2v) is 9.44. The molecular weight excluding hydrogens is 314 g/mol. The fourth-order valence-corrected chi connectivity index (χ4v) is 2.84. The molecule has 0 spiro atoms. The Hall–Kier alpha value is -1.56. The van der Waals surface area contributed by atoms with Gasteiger partial charge in [0.15, 0.2) is 9.84 Å². The molecule has 0 bridgehead atoms. The van der Waals surface area contributed by atoms with E-state index in [-0.39, 0.29) is 31.2 Å². The topological polar surface area (TPSA) is 72.5 Å². The zero-order valence-electron chi connectivity index (χ0n) is 14.6. The molecule has 6 heteroatoms. The Morgan fingerprint density at radius 1 is 1.22 bits per heavy atom. The highest BCUT2D eigenvalue weighted by Crippen LogP contribution is 2.20. The number of carbonyl (C=O) groups excluding carboxylic acids is 1. The van der Waals surface area contributed by atoms with Crippen LogP contribution in [0, 0.1) is 13.8 Å². The van der Waals surface area contributed by atoms with Crippen molar-refractivity contribution in [3.63, 3.8) is 0 Å². The zero-order chi connectivity index (χ0) is 17.7. The molecule has 0 aromatic heterocycles. The van der Waals surface area contributed by atoms with Gasteiger partial charge in [-0.15, -0.1) is 0 Å². The van der Waals surface area contributed by atoms with Crippen molar-refractivity contribution < 1.29 is 17.9 Å². The summed E-state index contributed by atoms with van der Waals surface area (Å²) in [6.07, 6.45) is 0.197. The van der Waals surface area contributed by atoms with E-state index in [1.165, 1.54) is 0 Å². The third kappa shape index (κ3) is 5.86. The van der Waals surface area contributed by atoms with Crippen molar-refractivity contribution in [3.05, 3.63) is 29.3 Å². The number of hydrogen-bond donors (Lipinski definition) is 1. The van der Waals surface area contributed by atoms with E-state index >= 15 is 0 Å². The van der Waals surface area contributed by atoms with Gasteiger partial charge in [0.2, 0.25) is 5.91 Å². The summed E-state index contributed by atoms with van der Waals surface area (Å²) in [5.74, 6) is 0.507. The van der Waals surface area contributed by atoms with E-state index in [0.29, 0.717) is 0 Å². The Kier molecular flexibility index (Phi) is 6.62. The first-order valence-corrected chi connectivity index (χ1v) is 9.38. The molecule has 1 aromatic carbocycles. The molecule has 0 heterocycles. The number of aryl methyl sites for hydroxylation is 1. The maximum atomic E-state index is 11.9. The van der Waals surface area contributed by atoms with Crippen LogP contribution in [0.15, 0.2) is 18.2 Å². The Bertz CT molecular complexity index is 645. The van der Waals surface area contributed by atoms with Crippen molar-refractivity contribution in [2.45, 2.75) is 45.8 Å². The number of carbonyl (C=O) groups is 1. The number of nitrogens with one attached hydrogen (secondary N) is 1. The molecule has 1 amide bonds. The van der Waals surface area contributed by atoms with Crippen LogP contribution in [-0.2, 0) is 14.6 Å². The Morgan fingerprint density at radius 2 is 1.87 bits per heavy atom. The van der Waals surface area contributed by atoms with Crippen LogP contribution in [0.25, 0.3) is 0 Å². The molecule has 0 atom stereocenters. The predicted molar refractivity (Wildman–Crippen MR) is 92.6 cm³/mol. The van der Waals surface area contributed by atoms with Gasteiger partial charge in [0, 0.05) is 6.54 Å². The van der Waals surface area contributed by atoms with Crippen molar-refractivity contribution in [1.82, 2.24) is 5.32 Å². The molecule has 0 saturated carbocycles. The van der Waals surface area contributed by atoms with Gasteiger partial charge in [-0.2, -0.15) is 0 Å². The summed E-state index contributed by atoms with van der Waals surface area (Å²) in [5.41, 5.74) is 2.20. The van der Waals surface area contributed by atoms with Crippen molar-refractivity contribution in [2.24, 2.45) is 0 Å². The molecule has 0 radical (unpaired) electrons. The minimum Gasteiger partial charge on any atom is -0.493 e. The molecule has 0 saturated heterocycles. The molecule has 1 rings (SSSR count). The molecule has 130 valence electrons. The van der Waals surface area contributed by atoms with Crippen molar-refractivity contribution in [2.75, 3.05) is 18.9 Å². The average molecular weight is 341 g/mol. The van der Waals surface area contributed by atoms with E-state index in [9.17, 15) is 13.2 Å². The van der Waals surface area contributed by atoms with E-state index < -0.39 is 14.6 Å². The summed E-state index contributed by atoms with van der Waals surface area (Å²) in [6.45, 7) is 9.34. The maximum Gasteiger partial charge on any atom is 0.223 e. The largest absolute Gasteiger partial charge is 0.493 e. The Labute approximate surface area is 139 Å². The van der Waals surface area contributed by atoms with E-state index in [0.717, 1.165) is 16.9 Å². The van der Waals surface area contributed by atoms with Crippen LogP contribution >= 0.6 is 0 Å². The maximum absolute atomic E-state index is 11.9. The molecule has 1 aromatic rings. The number of ether oxygens (including phenoxy) is 1. The quantitative estimate of drug-likeness (QED) is 0.826. The highest BCUT2D eigenvalue weighted by Gasteiger charge is 2.28. The molecule has 5 nitrogen and oxygen atoms in total. The van der Waals surface area contributed by atoms with Gasteiger partial charge in [-0.1, -0.05) is 12.1 Å². The second-order valence-electron chi connectivity index (χ2n) is 6.58. The van der Waals surface area contributed by atoms with Gasteiger partial charge in [0.25, 0.3) is 0 Å². The van der Waals surface area contributed by atoms with Crippen LogP contribution in [0.2, 0.25) is 0 Å². The van der Waals surface area contributed by atoms with Crippen LogP contribution < -0.4 is 10.1 Å². The second kappa shape index (κ2) is 7.81. The SMILES string of the molecule is Cc1cccc(OCCC(=O)NCCS(=O)(=O)C(C)(C)C)c1C. The van der Waals surface area contributed by atoms with E-state index in [1.807, 2.05) is 32.0 Å². The van der Waals surface area contributed by atoms with Gasteiger partial charge in [0.05, 0.1) is 23.5 Å². The minimum atomic E-state index is -3.21. The van der Waals surface area contributed by atoms with Crippen LogP contribution in [0.3, 0.4) is 0 Å². The van der Waals surface area contributed by atoms with Gasteiger partial charge in [-0.25, -0.2) is 8.42 Å². The number of amides is 1. The van der Waals surface area contributed by atoms with Crippen LogP contribution in [0.4, 0.5) is 0 Å². The molecule has 0 fully saturated rings. The third-order valence-corrected chi connectivity index (χ3v) is 6.38. The summed E-state index contributed by atoms with van der Waals surface area (Å²) in [5, 5.41) is 2.63. The number of hydrogen-bond acceptors (Lipinski definition) is 4. The Morgan fingerprint density at radius 3 is 2.48 bits per heavy atom. The first-order valence-electron chi connectivity index (χ1n) is 7.72. The number of benzene rings is 1. The molecule has 0 aliphatic carbocycles. The molecule has 0 aliphatic rings. The molecule has 23 heavy (non-hydrogen) atoms. The van der Waals surface area contributed by atoms with Gasteiger partial charge < -0.3 is 10.1 Å². The fraction of sp³-hybridized carbons (Fsp3) is 0.588. The summed E-state index contributed by atoms with van der Waals surface area (Å²) in [4.78, 5) is 11.7. The van der Waals surface area contributed by atoms with Gasteiger partial charge in [0.1, 0.15) is 5.75 Å². The molecule has 1 N–H and O–H groups in total. The fourth-order valence-electron chi connectivity index (χ4n) is 1.85. The molecular formula is C17H27NO4S. The first-order chi connectivity index (χ1) is 10.5. The summed E-state index contributed by atoms with van der Waals surface area (Å²) >= 11 is 0. The molecule has 0 unspecified atom stereocenters. The lowest BCUT2D eigenvalue weighted by atomic mass is 10.1. The van der Waals surface area contributed by atoms with Gasteiger partial charge in [-0.3, -0.25) is 4.79 Å². The summed E-state index contributed by atoms with van der Waals surface area (Å²) < 4.78 is 28.7. The van der Waals surface area contributed by atoms with Crippen molar-refractivity contribution >= 4 is 15.7 Å². The minimum absolute atomic E-state index is 0.0555. The zero-order valence-corrected chi connectivity index (χ0v) is 15.4. The highest BCUT2D eigenvalue weighted by atomic mass is 32.2. The van der Waals surface area contributed by atoms with Crippen LogP contribution in [0.5, 0.6) is 5.75 Å². The van der Waals surface area contributed by atoms with E-state index in [1.54, 1.807) is 20.8 Å². The lowest BCUT2D eigenvalue weighted by Gasteiger charge is -2.19. The first kappa shape index (κ1) is 19.5. The Balaban J connectivity index is 2.34. The molecule has 0 aliphatic heterocycles. The number of rotatable bonds is 7. The predicted octanol–water partition coefficient (Wildman–Crippen LogP) is 2.40. The van der Waals surface area contributed by atoms with Crippen LogP contribution in [0.1, 0.15) is 38.3 Å². The third-order valence-electron chi connectivity index (χ3n) is 3.77. The van der Waals surface area contributed by atoms with E-state index in [2.05, 4.69) is 5.32 Å². The number of sulfone groups is 1. The standard InChI is InChI=1S/C17H27NO4S/c1-13-7-6-8-15(14(13)2)22-11-9-16(19)18-10-12-23(20,21)17(3,4)5/h6-8H,9-12H2,1-5H3,(H,18,19). The summed E-state index contributed by atoms with van der Waals surface area (Å²) in [7, 11) is -3.21. The van der Waals surface area contributed by atoms with Gasteiger partial charge in [-0.05, 0) is 51.8 Å². The highest BCUT2D eigenvalue weighted by molar-refractivity contribution is 7.92.